The Kier molecular flexibility index (Phi) is 4.98. The molecule has 0 unspecified atom stereocenters. The summed E-state index contributed by atoms with van der Waals surface area (Å²) in [5.74, 6) is -0.632. The summed E-state index contributed by atoms with van der Waals surface area (Å²) in [7, 11) is 0. The monoisotopic (exact) mass is 326 g/mol. The number of aromatic amines is 1. The molecule has 0 radical (unpaired) electrons. The lowest BCUT2D eigenvalue weighted by atomic mass is 9.93. The standard InChI is InChI=1S/C17H15FN4O2/c1-9(2)24-8-10-5-11(18)3-4-12(10)15-13(6-19)16(21)22-17(23)14(15)7-20/h3-5,9H,8H2,1-2H3,(H3,21,22,23). The lowest BCUT2D eigenvalue weighted by Gasteiger charge is -2.15. The molecule has 0 aliphatic heterocycles. The van der Waals surface area contributed by atoms with Crippen molar-refractivity contribution < 1.29 is 9.13 Å². The maximum Gasteiger partial charge on any atom is 0.268 e. The molecule has 0 aliphatic rings. The van der Waals surface area contributed by atoms with Gasteiger partial charge in [0.1, 0.15) is 34.9 Å². The molecule has 2 rings (SSSR count). The third-order valence-electron chi connectivity index (χ3n) is 3.38. The van der Waals surface area contributed by atoms with Crippen molar-refractivity contribution >= 4 is 5.82 Å². The zero-order valence-electron chi connectivity index (χ0n) is 13.2. The van der Waals surface area contributed by atoms with Gasteiger partial charge in [0.05, 0.1) is 12.7 Å². The second-order valence-electron chi connectivity index (χ2n) is 5.38. The molecular weight excluding hydrogens is 311 g/mol. The first-order valence-electron chi connectivity index (χ1n) is 7.15. The van der Waals surface area contributed by atoms with Crippen LogP contribution in [-0.2, 0) is 11.3 Å². The number of halogens is 1. The van der Waals surface area contributed by atoms with Crippen molar-refractivity contribution in [2.45, 2.75) is 26.6 Å². The van der Waals surface area contributed by atoms with Gasteiger partial charge in [0.15, 0.2) is 0 Å². The number of H-pyrrole nitrogens is 1. The smallest absolute Gasteiger partial charge is 0.268 e. The van der Waals surface area contributed by atoms with E-state index in [0.29, 0.717) is 11.1 Å². The molecule has 24 heavy (non-hydrogen) atoms. The Morgan fingerprint density at radius 1 is 1.29 bits per heavy atom. The Morgan fingerprint density at radius 2 is 1.96 bits per heavy atom. The number of aromatic nitrogens is 1. The molecule has 7 heteroatoms. The summed E-state index contributed by atoms with van der Waals surface area (Å²) >= 11 is 0. The van der Waals surface area contributed by atoms with Gasteiger partial charge in [0.25, 0.3) is 5.56 Å². The van der Waals surface area contributed by atoms with E-state index < -0.39 is 11.4 Å². The summed E-state index contributed by atoms with van der Waals surface area (Å²) in [5, 5.41) is 18.7. The van der Waals surface area contributed by atoms with E-state index in [9.17, 15) is 19.7 Å². The van der Waals surface area contributed by atoms with Gasteiger partial charge < -0.3 is 15.5 Å². The molecule has 0 amide bonds. The minimum Gasteiger partial charge on any atom is -0.384 e. The van der Waals surface area contributed by atoms with E-state index >= 15 is 0 Å². The second kappa shape index (κ2) is 6.95. The van der Waals surface area contributed by atoms with Crippen molar-refractivity contribution in [3.05, 3.63) is 51.1 Å². The molecule has 0 saturated carbocycles. The van der Waals surface area contributed by atoms with Crippen molar-refractivity contribution in [2.75, 3.05) is 5.73 Å². The number of ether oxygens (including phenoxy) is 1. The number of rotatable bonds is 4. The molecule has 1 aromatic heterocycles. The highest BCUT2D eigenvalue weighted by molar-refractivity contribution is 5.81. The maximum absolute atomic E-state index is 13.6. The summed E-state index contributed by atoms with van der Waals surface area (Å²) in [6.45, 7) is 3.71. The lowest BCUT2D eigenvalue weighted by molar-refractivity contribution is 0.0658. The highest BCUT2D eigenvalue weighted by Gasteiger charge is 2.20. The summed E-state index contributed by atoms with van der Waals surface area (Å²) in [5.41, 5.74) is 5.58. The molecule has 0 atom stereocenters. The molecule has 0 saturated heterocycles. The van der Waals surface area contributed by atoms with Gasteiger partial charge in [-0.05, 0) is 37.1 Å². The van der Waals surface area contributed by atoms with Crippen LogP contribution in [0.1, 0.15) is 30.5 Å². The van der Waals surface area contributed by atoms with Gasteiger partial charge in [-0.3, -0.25) is 4.79 Å². The number of anilines is 1. The number of nitrogens with one attached hydrogen (secondary N) is 1. The van der Waals surface area contributed by atoms with E-state index in [4.69, 9.17) is 10.5 Å². The van der Waals surface area contributed by atoms with Crippen LogP contribution in [0.3, 0.4) is 0 Å². The molecule has 0 aliphatic carbocycles. The molecular formula is C17H15FN4O2. The van der Waals surface area contributed by atoms with Crippen molar-refractivity contribution in [3.8, 4) is 23.3 Å². The van der Waals surface area contributed by atoms with Crippen LogP contribution in [0, 0.1) is 28.5 Å². The van der Waals surface area contributed by atoms with Crippen LogP contribution in [0.25, 0.3) is 11.1 Å². The second-order valence-corrected chi connectivity index (χ2v) is 5.38. The summed E-state index contributed by atoms with van der Waals surface area (Å²) in [4.78, 5) is 14.3. The van der Waals surface area contributed by atoms with E-state index in [0.717, 1.165) is 0 Å². The lowest BCUT2D eigenvalue weighted by Crippen LogP contribution is -2.17. The Morgan fingerprint density at radius 3 is 2.54 bits per heavy atom. The number of pyridine rings is 1. The molecule has 0 spiro atoms. The highest BCUT2D eigenvalue weighted by Crippen LogP contribution is 2.31. The number of hydrogen-bond donors (Lipinski definition) is 2. The average Bonchev–Trinajstić information content (AvgIpc) is 2.52. The van der Waals surface area contributed by atoms with Crippen LogP contribution in [0.15, 0.2) is 23.0 Å². The van der Waals surface area contributed by atoms with E-state index in [1.54, 1.807) is 6.07 Å². The van der Waals surface area contributed by atoms with Crippen LogP contribution in [0.2, 0.25) is 0 Å². The van der Waals surface area contributed by atoms with Crippen LogP contribution in [0.4, 0.5) is 10.2 Å². The molecule has 3 N–H and O–H groups in total. The first-order chi connectivity index (χ1) is 11.4. The largest absolute Gasteiger partial charge is 0.384 e. The maximum atomic E-state index is 13.6. The molecule has 0 fully saturated rings. The van der Waals surface area contributed by atoms with Crippen molar-refractivity contribution in [1.29, 1.82) is 10.5 Å². The predicted molar refractivity (Wildman–Crippen MR) is 86.2 cm³/mol. The van der Waals surface area contributed by atoms with Gasteiger partial charge in [-0.2, -0.15) is 10.5 Å². The van der Waals surface area contributed by atoms with Crippen molar-refractivity contribution in [2.24, 2.45) is 0 Å². The van der Waals surface area contributed by atoms with E-state index in [1.807, 2.05) is 19.9 Å². The third-order valence-corrected chi connectivity index (χ3v) is 3.38. The summed E-state index contributed by atoms with van der Waals surface area (Å²) < 4.78 is 19.1. The fraction of sp³-hybridized carbons (Fsp3) is 0.235. The quantitative estimate of drug-likeness (QED) is 0.895. The fourth-order valence-corrected chi connectivity index (χ4v) is 2.29. The van der Waals surface area contributed by atoms with Gasteiger partial charge in [0.2, 0.25) is 0 Å². The minimum atomic E-state index is -0.705. The minimum absolute atomic E-state index is 0.0384. The first-order valence-corrected chi connectivity index (χ1v) is 7.15. The van der Waals surface area contributed by atoms with Gasteiger partial charge in [0, 0.05) is 5.56 Å². The van der Waals surface area contributed by atoms with E-state index in [2.05, 4.69) is 4.98 Å². The Bertz CT molecular complexity index is 920. The Hall–Kier alpha value is -3.16. The molecule has 2 aromatic rings. The number of hydrogen-bond acceptors (Lipinski definition) is 5. The van der Waals surface area contributed by atoms with Gasteiger partial charge >= 0.3 is 0 Å². The molecule has 0 bridgehead atoms. The van der Waals surface area contributed by atoms with Crippen LogP contribution in [0.5, 0.6) is 0 Å². The number of nitrogen functional groups attached to an aromatic ring is 1. The van der Waals surface area contributed by atoms with Crippen molar-refractivity contribution in [3.63, 3.8) is 0 Å². The highest BCUT2D eigenvalue weighted by atomic mass is 19.1. The van der Waals surface area contributed by atoms with Gasteiger partial charge in [-0.15, -0.1) is 0 Å². The zero-order valence-corrected chi connectivity index (χ0v) is 13.2. The number of benzene rings is 1. The third kappa shape index (κ3) is 3.27. The first kappa shape index (κ1) is 17.2. The Labute approximate surface area is 137 Å². The molecule has 6 nitrogen and oxygen atoms in total. The van der Waals surface area contributed by atoms with Gasteiger partial charge in [-0.1, -0.05) is 6.07 Å². The average molecular weight is 326 g/mol. The Balaban J connectivity index is 2.80. The van der Waals surface area contributed by atoms with E-state index in [-0.39, 0.29) is 35.2 Å². The van der Waals surface area contributed by atoms with Gasteiger partial charge in [-0.25, -0.2) is 4.39 Å². The van der Waals surface area contributed by atoms with Crippen LogP contribution >= 0.6 is 0 Å². The SMILES string of the molecule is CC(C)OCc1cc(F)ccc1-c1c(C#N)c(N)[nH]c(=O)c1C#N. The van der Waals surface area contributed by atoms with Crippen LogP contribution < -0.4 is 11.3 Å². The zero-order chi connectivity index (χ0) is 17.9. The number of nitrogens with zero attached hydrogens (tertiary/aromatic N) is 2. The summed E-state index contributed by atoms with van der Waals surface area (Å²) in [6, 6.07) is 7.52. The molecule has 1 aromatic carbocycles. The topological polar surface area (TPSA) is 116 Å². The van der Waals surface area contributed by atoms with Crippen LogP contribution in [-0.4, -0.2) is 11.1 Å². The molecule has 122 valence electrons. The fourth-order valence-electron chi connectivity index (χ4n) is 2.29. The van der Waals surface area contributed by atoms with Crippen molar-refractivity contribution in [1.82, 2.24) is 4.98 Å². The molecule has 1 heterocycles. The number of nitrogens with two attached hydrogens (primary N) is 1. The number of nitriles is 2. The normalized spacial score (nSPS) is 10.4. The predicted octanol–water partition coefficient (Wildman–Crippen LogP) is 2.43. The summed E-state index contributed by atoms with van der Waals surface area (Å²) in [6.07, 6.45) is -0.101. The van der Waals surface area contributed by atoms with E-state index in [1.165, 1.54) is 18.2 Å².